The summed E-state index contributed by atoms with van der Waals surface area (Å²) in [5.41, 5.74) is 1.91. The normalized spacial score (nSPS) is 17.8. The van der Waals surface area contributed by atoms with Gasteiger partial charge in [-0.05, 0) is 53.8 Å². The number of nitrogens with one attached hydrogen (secondary N) is 1. The number of pyridine rings is 1. The SMILES string of the molecule is O=C(NCc1ccc(Oc2ccc(F)cc2)nc1)C1CC1c1ccccc1Cl. The molecule has 28 heavy (non-hydrogen) atoms. The van der Waals surface area contributed by atoms with Crippen LogP contribution in [0.3, 0.4) is 0 Å². The van der Waals surface area contributed by atoms with Gasteiger partial charge in [-0.3, -0.25) is 4.79 Å². The Balaban J connectivity index is 1.29. The van der Waals surface area contributed by atoms with Crippen LogP contribution in [0, 0.1) is 11.7 Å². The fourth-order valence-electron chi connectivity index (χ4n) is 3.12. The van der Waals surface area contributed by atoms with Crippen molar-refractivity contribution in [2.75, 3.05) is 0 Å². The number of carbonyl (C=O) groups excluding carboxylic acids is 1. The Morgan fingerprint density at radius 1 is 1.14 bits per heavy atom. The third-order valence-corrected chi connectivity index (χ3v) is 5.08. The summed E-state index contributed by atoms with van der Waals surface area (Å²) in [5, 5.41) is 3.66. The first-order valence-corrected chi connectivity index (χ1v) is 9.38. The first kappa shape index (κ1) is 18.4. The molecule has 3 aromatic rings. The molecular formula is C22H18ClFN2O2. The number of rotatable bonds is 6. The van der Waals surface area contributed by atoms with Crippen LogP contribution in [0.2, 0.25) is 5.02 Å². The monoisotopic (exact) mass is 396 g/mol. The zero-order chi connectivity index (χ0) is 19.5. The highest BCUT2D eigenvalue weighted by Gasteiger charge is 2.44. The predicted molar refractivity (Wildman–Crippen MR) is 105 cm³/mol. The molecule has 0 spiro atoms. The van der Waals surface area contributed by atoms with Crippen LogP contribution in [0.1, 0.15) is 23.5 Å². The molecule has 0 bridgehead atoms. The molecule has 0 saturated heterocycles. The molecule has 1 heterocycles. The molecule has 4 rings (SSSR count). The summed E-state index contributed by atoms with van der Waals surface area (Å²) in [6.07, 6.45) is 2.47. The maximum Gasteiger partial charge on any atom is 0.224 e. The topological polar surface area (TPSA) is 51.2 Å². The second kappa shape index (κ2) is 7.98. The minimum atomic E-state index is -0.321. The fraction of sp³-hybridized carbons (Fsp3) is 0.182. The molecule has 1 aliphatic rings. The van der Waals surface area contributed by atoms with Gasteiger partial charge in [-0.2, -0.15) is 0 Å². The van der Waals surface area contributed by atoms with Gasteiger partial charge in [0.05, 0.1) is 0 Å². The Kier molecular flexibility index (Phi) is 5.26. The zero-order valence-electron chi connectivity index (χ0n) is 14.9. The molecule has 2 atom stereocenters. The molecule has 1 fully saturated rings. The molecule has 1 saturated carbocycles. The quantitative estimate of drug-likeness (QED) is 0.631. The van der Waals surface area contributed by atoms with Gasteiger partial charge in [-0.1, -0.05) is 35.9 Å². The third kappa shape index (κ3) is 4.31. The van der Waals surface area contributed by atoms with Crippen LogP contribution in [-0.4, -0.2) is 10.9 Å². The summed E-state index contributed by atoms with van der Waals surface area (Å²) in [4.78, 5) is 16.6. The van der Waals surface area contributed by atoms with E-state index in [0.717, 1.165) is 17.5 Å². The van der Waals surface area contributed by atoms with Crippen LogP contribution >= 0.6 is 11.6 Å². The van der Waals surface area contributed by atoms with Crippen molar-refractivity contribution in [3.8, 4) is 11.6 Å². The summed E-state index contributed by atoms with van der Waals surface area (Å²) in [6, 6.07) is 16.9. The van der Waals surface area contributed by atoms with Gasteiger partial charge in [0.15, 0.2) is 0 Å². The van der Waals surface area contributed by atoms with Gasteiger partial charge in [-0.15, -0.1) is 0 Å². The van der Waals surface area contributed by atoms with Crippen LogP contribution in [-0.2, 0) is 11.3 Å². The number of halogens is 2. The minimum Gasteiger partial charge on any atom is -0.439 e. The molecule has 6 heteroatoms. The lowest BCUT2D eigenvalue weighted by Crippen LogP contribution is -2.24. The molecule has 0 radical (unpaired) electrons. The summed E-state index contributed by atoms with van der Waals surface area (Å²) < 4.78 is 18.5. The van der Waals surface area contributed by atoms with Gasteiger partial charge in [0, 0.05) is 29.7 Å². The lowest BCUT2D eigenvalue weighted by Gasteiger charge is -2.08. The standard InChI is InChI=1S/C22H18ClFN2O2/c23-20-4-2-1-3-17(20)18-11-19(18)22(27)26-13-14-5-10-21(25-12-14)28-16-8-6-15(24)7-9-16/h1-10,12,18-19H,11,13H2,(H,26,27). The van der Waals surface area contributed by atoms with E-state index in [1.54, 1.807) is 12.3 Å². The van der Waals surface area contributed by atoms with Crippen molar-refractivity contribution >= 4 is 17.5 Å². The summed E-state index contributed by atoms with van der Waals surface area (Å²) in [6.45, 7) is 0.397. The van der Waals surface area contributed by atoms with E-state index < -0.39 is 0 Å². The van der Waals surface area contributed by atoms with Crippen molar-refractivity contribution in [1.82, 2.24) is 10.3 Å². The summed E-state index contributed by atoms with van der Waals surface area (Å²) >= 11 is 6.21. The fourth-order valence-corrected chi connectivity index (χ4v) is 3.40. The Labute approximate surface area is 167 Å². The highest BCUT2D eigenvalue weighted by Crippen LogP contribution is 2.49. The third-order valence-electron chi connectivity index (χ3n) is 4.73. The second-order valence-corrected chi connectivity index (χ2v) is 7.16. The van der Waals surface area contributed by atoms with Crippen molar-refractivity contribution in [1.29, 1.82) is 0 Å². The highest BCUT2D eigenvalue weighted by molar-refractivity contribution is 6.31. The number of benzene rings is 2. The molecule has 4 nitrogen and oxygen atoms in total. The van der Waals surface area contributed by atoms with Gasteiger partial charge in [0.2, 0.25) is 11.8 Å². The molecule has 142 valence electrons. The Bertz CT molecular complexity index is 977. The maximum atomic E-state index is 12.9. The van der Waals surface area contributed by atoms with E-state index in [-0.39, 0.29) is 23.6 Å². The molecular weight excluding hydrogens is 379 g/mol. The number of amides is 1. The van der Waals surface area contributed by atoms with E-state index in [9.17, 15) is 9.18 Å². The van der Waals surface area contributed by atoms with Crippen molar-refractivity contribution in [2.45, 2.75) is 18.9 Å². The number of hydrogen-bond donors (Lipinski definition) is 1. The number of carbonyl (C=O) groups is 1. The lowest BCUT2D eigenvalue weighted by atomic mass is 10.1. The van der Waals surface area contributed by atoms with E-state index >= 15 is 0 Å². The van der Waals surface area contributed by atoms with E-state index in [0.29, 0.717) is 23.2 Å². The Morgan fingerprint density at radius 2 is 1.93 bits per heavy atom. The summed E-state index contributed by atoms with van der Waals surface area (Å²) in [5.74, 6) is 0.777. The predicted octanol–water partition coefficient (Wildman–Crippen LogP) is 5.09. The van der Waals surface area contributed by atoms with E-state index in [1.807, 2.05) is 30.3 Å². The smallest absolute Gasteiger partial charge is 0.224 e. The van der Waals surface area contributed by atoms with E-state index in [4.69, 9.17) is 16.3 Å². The lowest BCUT2D eigenvalue weighted by molar-refractivity contribution is -0.122. The Hall–Kier alpha value is -2.92. The van der Waals surface area contributed by atoms with Gasteiger partial charge in [-0.25, -0.2) is 9.37 Å². The molecule has 0 aliphatic heterocycles. The molecule has 2 unspecified atom stereocenters. The number of nitrogens with zero attached hydrogens (tertiary/aromatic N) is 1. The Morgan fingerprint density at radius 3 is 2.64 bits per heavy atom. The minimum absolute atomic E-state index is 0.0246. The van der Waals surface area contributed by atoms with Crippen molar-refractivity contribution in [3.63, 3.8) is 0 Å². The van der Waals surface area contributed by atoms with Crippen LogP contribution < -0.4 is 10.1 Å². The van der Waals surface area contributed by atoms with E-state index in [1.165, 1.54) is 24.3 Å². The van der Waals surface area contributed by atoms with Crippen molar-refractivity contribution < 1.29 is 13.9 Å². The maximum absolute atomic E-state index is 12.9. The van der Waals surface area contributed by atoms with Crippen LogP contribution in [0.25, 0.3) is 0 Å². The highest BCUT2D eigenvalue weighted by atomic mass is 35.5. The molecule has 1 aliphatic carbocycles. The molecule has 1 amide bonds. The number of ether oxygens (including phenoxy) is 1. The first-order chi connectivity index (χ1) is 13.6. The summed E-state index contributed by atoms with van der Waals surface area (Å²) in [7, 11) is 0. The second-order valence-electron chi connectivity index (χ2n) is 6.75. The molecule has 1 aromatic heterocycles. The van der Waals surface area contributed by atoms with Gasteiger partial charge < -0.3 is 10.1 Å². The number of aromatic nitrogens is 1. The van der Waals surface area contributed by atoms with Gasteiger partial charge in [0.1, 0.15) is 11.6 Å². The van der Waals surface area contributed by atoms with Crippen LogP contribution in [0.15, 0.2) is 66.9 Å². The molecule has 1 N–H and O–H groups in total. The average molecular weight is 397 g/mol. The number of hydrogen-bond acceptors (Lipinski definition) is 3. The van der Waals surface area contributed by atoms with Crippen molar-refractivity contribution in [3.05, 3.63) is 88.8 Å². The first-order valence-electron chi connectivity index (χ1n) is 9.00. The van der Waals surface area contributed by atoms with Crippen LogP contribution in [0.5, 0.6) is 11.6 Å². The van der Waals surface area contributed by atoms with Gasteiger partial charge >= 0.3 is 0 Å². The largest absolute Gasteiger partial charge is 0.439 e. The average Bonchev–Trinajstić information content (AvgIpc) is 3.50. The zero-order valence-corrected chi connectivity index (χ0v) is 15.7. The van der Waals surface area contributed by atoms with Gasteiger partial charge in [0.25, 0.3) is 0 Å². The van der Waals surface area contributed by atoms with E-state index in [2.05, 4.69) is 10.3 Å². The molecule has 2 aromatic carbocycles. The van der Waals surface area contributed by atoms with Crippen LogP contribution in [0.4, 0.5) is 4.39 Å². The van der Waals surface area contributed by atoms with Crippen molar-refractivity contribution in [2.24, 2.45) is 5.92 Å².